The highest BCUT2D eigenvalue weighted by molar-refractivity contribution is 7.99. The second-order valence-corrected chi connectivity index (χ2v) is 14.0. The monoisotopic (exact) mass is 729 g/mol. The first-order valence-corrected chi connectivity index (χ1v) is 18.5. The number of carbonyl (C=O) groups excluding carboxylic acids is 3. The van der Waals surface area contributed by atoms with E-state index in [1.807, 2.05) is 121 Å². The molecular formula is C42H39N3O7S. The van der Waals surface area contributed by atoms with Crippen molar-refractivity contribution in [3.8, 4) is 11.1 Å². The lowest BCUT2D eigenvalue weighted by molar-refractivity contribution is -0.245. The second-order valence-electron chi connectivity index (χ2n) is 12.9. The number of imide groups is 1. The molecule has 10 nitrogen and oxygen atoms in total. The molecule has 0 radical (unpaired) electrons. The first kappa shape index (κ1) is 36.0. The summed E-state index contributed by atoms with van der Waals surface area (Å²) in [5, 5.41) is 13.0. The zero-order chi connectivity index (χ0) is 36.6. The predicted molar refractivity (Wildman–Crippen MR) is 199 cm³/mol. The van der Waals surface area contributed by atoms with Crippen LogP contribution in [0.5, 0.6) is 0 Å². The third kappa shape index (κ3) is 9.19. The molecule has 2 N–H and O–H groups in total. The number of alkyl carbamates (subject to hydrolysis) is 1. The van der Waals surface area contributed by atoms with E-state index in [1.54, 1.807) is 18.0 Å². The van der Waals surface area contributed by atoms with E-state index in [-0.39, 0.29) is 44.3 Å². The number of hydrogen-bond acceptors (Lipinski definition) is 9. The lowest BCUT2D eigenvalue weighted by Gasteiger charge is -2.36. The minimum absolute atomic E-state index is 0.0245. The molecule has 0 bridgehead atoms. The minimum atomic E-state index is -0.983. The van der Waals surface area contributed by atoms with Crippen molar-refractivity contribution in [2.45, 2.75) is 62.2 Å². The number of rotatable bonds is 12. The number of aliphatic hydroxyl groups excluding tert-OH is 1. The number of thioether (sulfide) groups is 1. The average Bonchev–Trinajstić information content (AvgIpc) is 3.47. The Hall–Kier alpha value is -5.33. The Bertz CT molecular complexity index is 2030. The number of pyridine rings is 1. The molecule has 0 aliphatic carbocycles. The third-order valence-corrected chi connectivity index (χ3v) is 10.3. The molecule has 2 fully saturated rings. The van der Waals surface area contributed by atoms with Gasteiger partial charge in [-0.3, -0.25) is 14.5 Å². The van der Waals surface area contributed by atoms with Gasteiger partial charge in [0.2, 0.25) is 5.91 Å². The number of benzene rings is 4. The Morgan fingerprint density at radius 2 is 1.58 bits per heavy atom. The van der Waals surface area contributed by atoms with Crippen molar-refractivity contribution in [1.29, 1.82) is 0 Å². The summed E-state index contributed by atoms with van der Waals surface area (Å²) < 4.78 is 18.4. The molecule has 3 amide bonds. The van der Waals surface area contributed by atoms with Crippen molar-refractivity contribution in [2.24, 2.45) is 0 Å². The van der Waals surface area contributed by atoms with Gasteiger partial charge in [-0.25, -0.2) is 9.78 Å². The SMILES string of the molecule is O=C(NC1CC(=O)N(Cc2cccc(-c3cccc([C@@H]4O[C@H](CSc5ccccn5)C[C@H](c5ccc(CO)cc5)O4)c3)c2)C1=O)OCc1ccccc1. The standard InChI is InChI=1S/C42H39N3O7S/c46-25-28-15-17-31(18-16-28)37-22-35(27-53-38-14-4-5-19-43-38)51-41(52-37)34-13-7-12-33(21-34)32-11-6-10-30(20-32)24-45-39(47)23-36(40(45)48)44-42(49)50-26-29-8-2-1-3-9-29/h1-21,35-37,41,46H,22-27H2,(H,44,49)/t35-,36?,37+,41+/m0/s1. The molecule has 5 aromatic rings. The molecule has 7 rings (SSSR count). The molecular weight excluding hydrogens is 691 g/mol. The predicted octanol–water partition coefficient (Wildman–Crippen LogP) is 7.13. The van der Waals surface area contributed by atoms with Gasteiger partial charge in [-0.1, -0.05) is 97.1 Å². The summed E-state index contributed by atoms with van der Waals surface area (Å²) in [6.07, 6.45) is 0.596. The van der Waals surface area contributed by atoms with Crippen molar-refractivity contribution < 1.29 is 33.7 Å². The molecule has 11 heteroatoms. The number of aliphatic hydroxyl groups is 1. The first-order valence-electron chi connectivity index (χ1n) is 17.5. The summed E-state index contributed by atoms with van der Waals surface area (Å²) >= 11 is 1.64. The van der Waals surface area contributed by atoms with E-state index < -0.39 is 24.3 Å². The molecule has 1 aromatic heterocycles. The third-order valence-electron chi connectivity index (χ3n) is 9.18. The minimum Gasteiger partial charge on any atom is -0.445 e. The molecule has 53 heavy (non-hydrogen) atoms. The molecule has 1 unspecified atom stereocenters. The van der Waals surface area contributed by atoms with Crippen LogP contribution in [0.15, 0.2) is 133 Å². The van der Waals surface area contributed by atoms with Gasteiger partial charge in [0.1, 0.15) is 12.6 Å². The first-order chi connectivity index (χ1) is 25.9. The number of hydrogen-bond donors (Lipinski definition) is 2. The summed E-state index contributed by atoms with van der Waals surface area (Å²) in [4.78, 5) is 44.2. The maximum Gasteiger partial charge on any atom is 0.408 e. The van der Waals surface area contributed by atoms with Crippen molar-refractivity contribution in [3.63, 3.8) is 0 Å². The summed E-state index contributed by atoms with van der Waals surface area (Å²) in [5.41, 5.74) is 6.11. The molecule has 2 aliphatic heterocycles. The zero-order valence-corrected chi connectivity index (χ0v) is 29.7. The Balaban J connectivity index is 1.03. The number of nitrogens with zero attached hydrogens (tertiary/aromatic N) is 2. The number of likely N-dealkylation sites (tertiary alicyclic amines) is 1. The molecule has 270 valence electrons. The number of aromatic nitrogens is 1. The number of ether oxygens (including phenoxy) is 3. The van der Waals surface area contributed by atoms with E-state index >= 15 is 0 Å². The van der Waals surface area contributed by atoms with Crippen LogP contribution in [-0.4, -0.2) is 50.8 Å². The van der Waals surface area contributed by atoms with Crippen LogP contribution in [0.1, 0.15) is 53.1 Å². The van der Waals surface area contributed by atoms with E-state index in [9.17, 15) is 19.5 Å². The van der Waals surface area contributed by atoms with Crippen LogP contribution in [0.25, 0.3) is 11.1 Å². The largest absolute Gasteiger partial charge is 0.445 e. The van der Waals surface area contributed by atoms with Gasteiger partial charge in [-0.2, -0.15) is 0 Å². The highest BCUT2D eigenvalue weighted by Gasteiger charge is 2.40. The molecule has 2 saturated heterocycles. The molecule has 0 saturated carbocycles. The Labute approximate surface area is 312 Å². The normalized spacial score (nSPS) is 20.0. The topological polar surface area (TPSA) is 127 Å². The van der Waals surface area contributed by atoms with Gasteiger partial charge in [0, 0.05) is 23.9 Å². The van der Waals surface area contributed by atoms with Crippen LogP contribution < -0.4 is 5.32 Å². The molecule has 4 atom stereocenters. The van der Waals surface area contributed by atoms with Crippen molar-refractivity contribution in [3.05, 3.63) is 155 Å². The smallest absolute Gasteiger partial charge is 0.408 e. The highest BCUT2D eigenvalue weighted by atomic mass is 32.2. The van der Waals surface area contributed by atoms with Gasteiger partial charge >= 0.3 is 6.09 Å². The van der Waals surface area contributed by atoms with Gasteiger partial charge in [0.15, 0.2) is 6.29 Å². The lowest BCUT2D eigenvalue weighted by Crippen LogP contribution is -2.41. The number of amides is 3. The fraction of sp³-hybridized carbons (Fsp3) is 0.238. The van der Waals surface area contributed by atoms with Crippen LogP contribution in [0.3, 0.4) is 0 Å². The number of nitrogens with one attached hydrogen (secondary N) is 1. The van der Waals surface area contributed by atoms with E-state index in [0.29, 0.717) is 12.2 Å². The fourth-order valence-corrected chi connectivity index (χ4v) is 7.28. The van der Waals surface area contributed by atoms with Crippen LogP contribution in [-0.2, 0) is 43.6 Å². The fourth-order valence-electron chi connectivity index (χ4n) is 6.40. The maximum absolute atomic E-state index is 13.2. The van der Waals surface area contributed by atoms with E-state index in [0.717, 1.165) is 44.0 Å². The van der Waals surface area contributed by atoms with Crippen LogP contribution in [0, 0.1) is 0 Å². The quantitative estimate of drug-likeness (QED) is 0.102. The summed E-state index contributed by atoms with van der Waals surface area (Å²) in [6.45, 7) is 0.108. The number of carbonyl (C=O) groups is 3. The Morgan fingerprint density at radius 3 is 2.36 bits per heavy atom. The highest BCUT2D eigenvalue weighted by Crippen LogP contribution is 2.40. The summed E-state index contributed by atoms with van der Waals surface area (Å²) in [7, 11) is 0. The van der Waals surface area contributed by atoms with Crippen LogP contribution in [0.2, 0.25) is 0 Å². The van der Waals surface area contributed by atoms with E-state index in [4.69, 9.17) is 14.2 Å². The molecule has 2 aliphatic rings. The van der Waals surface area contributed by atoms with Crippen LogP contribution in [0.4, 0.5) is 4.79 Å². The van der Waals surface area contributed by atoms with E-state index in [2.05, 4.69) is 10.3 Å². The second kappa shape index (κ2) is 17.0. The van der Waals surface area contributed by atoms with E-state index in [1.165, 1.54) is 4.90 Å². The van der Waals surface area contributed by atoms with Gasteiger partial charge in [-0.15, -0.1) is 11.8 Å². The summed E-state index contributed by atoms with van der Waals surface area (Å²) in [5.74, 6) is -0.135. The van der Waals surface area contributed by atoms with Gasteiger partial charge < -0.3 is 24.6 Å². The molecule has 3 heterocycles. The summed E-state index contributed by atoms with van der Waals surface area (Å²) in [6, 6.07) is 37.6. The van der Waals surface area contributed by atoms with Crippen molar-refractivity contribution >= 4 is 29.7 Å². The van der Waals surface area contributed by atoms with Crippen LogP contribution >= 0.6 is 11.8 Å². The van der Waals surface area contributed by atoms with Gasteiger partial charge in [0.25, 0.3) is 5.91 Å². The maximum atomic E-state index is 13.2. The Morgan fingerprint density at radius 1 is 0.830 bits per heavy atom. The van der Waals surface area contributed by atoms with Gasteiger partial charge in [0.05, 0.1) is 36.8 Å². The van der Waals surface area contributed by atoms with Gasteiger partial charge in [-0.05, 0) is 57.6 Å². The Kier molecular flexibility index (Phi) is 11.6. The average molecular weight is 730 g/mol. The lowest BCUT2D eigenvalue weighted by atomic mass is 9.99. The van der Waals surface area contributed by atoms with Crippen molar-refractivity contribution in [1.82, 2.24) is 15.2 Å². The van der Waals surface area contributed by atoms with Crippen molar-refractivity contribution in [2.75, 3.05) is 5.75 Å². The molecule has 0 spiro atoms. The molecule has 4 aromatic carbocycles. The zero-order valence-electron chi connectivity index (χ0n) is 28.9.